The van der Waals surface area contributed by atoms with E-state index in [2.05, 4.69) is 10.4 Å². The number of likely N-dealkylation sites (tertiary alicyclic amines) is 1. The summed E-state index contributed by atoms with van der Waals surface area (Å²) in [5, 5.41) is 7.56. The standard InChI is InChI=1S/C24H24N4O2/c1-3-28-16(2)15-20(26-28)22(29)27-14-13-24(21(27)17-9-5-4-6-10-17)18-11-7-8-12-19(18)25-23(24)30/h4-12,15,21H,3,13-14H2,1-2H3,(H,25,30)/t21-,24+/m0/s1. The summed E-state index contributed by atoms with van der Waals surface area (Å²) in [4.78, 5) is 28.8. The van der Waals surface area contributed by atoms with E-state index >= 15 is 0 Å². The molecule has 0 aliphatic carbocycles. The summed E-state index contributed by atoms with van der Waals surface area (Å²) in [7, 11) is 0. The second-order valence-corrected chi connectivity index (χ2v) is 8.02. The molecule has 3 heterocycles. The number of hydrogen-bond acceptors (Lipinski definition) is 3. The zero-order valence-corrected chi connectivity index (χ0v) is 17.1. The largest absolute Gasteiger partial charge is 0.329 e. The number of carbonyl (C=O) groups is 2. The Labute approximate surface area is 175 Å². The fourth-order valence-corrected chi connectivity index (χ4v) is 5.09. The van der Waals surface area contributed by atoms with Gasteiger partial charge >= 0.3 is 0 Å². The highest BCUT2D eigenvalue weighted by Crippen LogP contribution is 2.54. The molecule has 30 heavy (non-hydrogen) atoms. The molecule has 1 N–H and O–H groups in total. The molecule has 6 heteroatoms. The van der Waals surface area contributed by atoms with Gasteiger partial charge in [-0.05, 0) is 43.5 Å². The number of para-hydroxylation sites is 1. The molecule has 1 fully saturated rings. The van der Waals surface area contributed by atoms with Crippen molar-refractivity contribution in [2.45, 2.75) is 38.3 Å². The van der Waals surface area contributed by atoms with Crippen molar-refractivity contribution in [3.05, 3.63) is 83.2 Å². The topological polar surface area (TPSA) is 67.2 Å². The average molecular weight is 400 g/mol. The van der Waals surface area contributed by atoms with Gasteiger partial charge in [0, 0.05) is 24.5 Å². The molecule has 0 bridgehead atoms. The van der Waals surface area contributed by atoms with Gasteiger partial charge in [-0.3, -0.25) is 14.3 Å². The molecule has 152 valence electrons. The van der Waals surface area contributed by atoms with Crippen molar-refractivity contribution in [1.82, 2.24) is 14.7 Å². The van der Waals surface area contributed by atoms with Crippen molar-refractivity contribution in [2.24, 2.45) is 0 Å². The molecule has 2 aromatic carbocycles. The van der Waals surface area contributed by atoms with Crippen LogP contribution >= 0.6 is 0 Å². The van der Waals surface area contributed by atoms with E-state index in [1.165, 1.54) is 0 Å². The van der Waals surface area contributed by atoms with Crippen LogP contribution in [0.5, 0.6) is 0 Å². The van der Waals surface area contributed by atoms with E-state index in [9.17, 15) is 9.59 Å². The van der Waals surface area contributed by atoms with Gasteiger partial charge in [0.25, 0.3) is 5.91 Å². The van der Waals surface area contributed by atoms with Crippen molar-refractivity contribution in [1.29, 1.82) is 0 Å². The van der Waals surface area contributed by atoms with E-state index in [1.54, 1.807) is 0 Å². The number of carbonyl (C=O) groups excluding carboxylic acids is 2. The first-order chi connectivity index (χ1) is 14.6. The van der Waals surface area contributed by atoms with Crippen LogP contribution in [0.1, 0.15) is 46.7 Å². The zero-order valence-electron chi connectivity index (χ0n) is 17.1. The molecule has 2 aliphatic rings. The number of hydrogen-bond donors (Lipinski definition) is 1. The summed E-state index contributed by atoms with van der Waals surface area (Å²) < 4.78 is 1.83. The van der Waals surface area contributed by atoms with E-state index in [4.69, 9.17) is 0 Å². The van der Waals surface area contributed by atoms with E-state index in [0.29, 0.717) is 25.2 Å². The Bertz CT molecular complexity index is 1140. The van der Waals surface area contributed by atoms with Crippen LogP contribution in [0.2, 0.25) is 0 Å². The SMILES string of the molecule is CCn1nc(C(=O)N2CC[C@]3(C(=O)Nc4ccccc43)[C@@H]2c2ccccc2)cc1C. The minimum Gasteiger partial charge on any atom is -0.329 e. The summed E-state index contributed by atoms with van der Waals surface area (Å²) >= 11 is 0. The monoisotopic (exact) mass is 400 g/mol. The van der Waals surface area contributed by atoms with Gasteiger partial charge in [0.1, 0.15) is 5.41 Å². The van der Waals surface area contributed by atoms with Crippen molar-refractivity contribution < 1.29 is 9.59 Å². The second kappa shape index (κ2) is 6.83. The molecule has 1 saturated heterocycles. The molecular formula is C24H24N4O2. The smallest absolute Gasteiger partial charge is 0.274 e. The molecule has 1 aromatic heterocycles. The normalized spacial score (nSPS) is 22.4. The van der Waals surface area contributed by atoms with Crippen LogP contribution < -0.4 is 5.32 Å². The van der Waals surface area contributed by atoms with Crippen molar-refractivity contribution in [3.8, 4) is 0 Å². The molecule has 0 radical (unpaired) electrons. The third kappa shape index (κ3) is 2.53. The first-order valence-corrected chi connectivity index (χ1v) is 10.4. The van der Waals surface area contributed by atoms with Gasteiger partial charge in [0.15, 0.2) is 5.69 Å². The summed E-state index contributed by atoms with van der Waals surface area (Å²) in [5.74, 6) is -0.170. The van der Waals surface area contributed by atoms with Gasteiger partial charge < -0.3 is 10.2 Å². The maximum Gasteiger partial charge on any atom is 0.274 e. The van der Waals surface area contributed by atoms with Gasteiger partial charge in [-0.2, -0.15) is 5.10 Å². The number of aryl methyl sites for hydroxylation is 2. The van der Waals surface area contributed by atoms with E-state index in [1.807, 2.05) is 84.1 Å². The molecule has 2 atom stereocenters. The minimum atomic E-state index is -0.796. The number of aromatic nitrogens is 2. The average Bonchev–Trinajstić information content (AvgIpc) is 3.43. The summed E-state index contributed by atoms with van der Waals surface area (Å²) in [6, 6.07) is 19.1. The molecule has 1 spiro atoms. The summed E-state index contributed by atoms with van der Waals surface area (Å²) in [6.45, 7) is 5.17. The quantitative estimate of drug-likeness (QED) is 0.729. The number of nitrogens with one attached hydrogen (secondary N) is 1. The first-order valence-electron chi connectivity index (χ1n) is 10.4. The molecular weight excluding hydrogens is 376 g/mol. The minimum absolute atomic E-state index is 0.0388. The number of amides is 2. The van der Waals surface area contributed by atoms with Crippen molar-refractivity contribution >= 4 is 17.5 Å². The number of fused-ring (bicyclic) bond motifs is 2. The zero-order chi connectivity index (χ0) is 20.9. The first kappa shape index (κ1) is 18.6. The predicted octanol–water partition coefficient (Wildman–Crippen LogP) is 3.69. The maximum absolute atomic E-state index is 13.6. The lowest BCUT2D eigenvalue weighted by atomic mass is 9.72. The maximum atomic E-state index is 13.6. The Kier molecular flexibility index (Phi) is 4.24. The Morgan fingerprint density at radius 1 is 1.17 bits per heavy atom. The third-order valence-electron chi connectivity index (χ3n) is 6.46. The second-order valence-electron chi connectivity index (χ2n) is 8.02. The van der Waals surface area contributed by atoms with Crippen LogP contribution in [-0.2, 0) is 16.8 Å². The van der Waals surface area contributed by atoms with Crippen LogP contribution in [0.3, 0.4) is 0 Å². The number of rotatable bonds is 3. The summed E-state index contributed by atoms with van der Waals surface area (Å²) in [5.41, 5.74) is 3.35. The fourth-order valence-electron chi connectivity index (χ4n) is 5.09. The van der Waals surface area contributed by atoms with Crippen molar-refractivity contribution in [2.75, 3.05) is 11.9 Å². The summed E-state index contributed by atoms with van der Waals surface area (Å²) in [6.07, 6.45) is 0.578. The molecule has 2 amide bonds. The van der Waals surface area contributed by atoms with Crippen LogP contribution in [0.15, 0.2) is 60.7 Å². The van der Waals surface area contributed by atoms with E-state index < -0.39 is 5.41 Å². The highest BCUT2D eigenvalue weighted by molar-refractivity contribution is 6.08. The van der Waals surface area contributed by atoms with Gasteiger partial charge in [-0.1, -0.05) is 48.5 Å². The fraction of sp³-hybridized carbons (Fsp3) is 0.292. The van der Waals surface area contributed by atoms with Gasteiger partial charge in [0.05, 0.1) is 6.04 Å². The third-order valence-corrected chi connectivity index (χ3v) is 6.46. The predicted molar refractivity (Wildman–Crippen MR) is 114 cm³/mol. The Morgan fingerprint density at radius 3 is 2.63 bits per heavy atom. The van der Waals surface area contributed by atoms with E-state index in [-0.39, 0.29) is 17.9 Å². The highest BCUT2D eigenvalue weighted by Gasteiger charge is 2.59. The highest BCUT2D eigenvalue weighted by atomic mass is 16.2. The Balaban J connectivity index is 1.65. The number of anilines is 1. The Morgan fingerprint density at radius 2 is 1.90 bits per heavy atom. The molecule has 3 aromatic rings. The van der Waals surface area contributed by atoms with Crippen LogP contribution in [0.25, 0.3) is 0 Å². The van der Waals surface area contributed by atoms with Crippen LogP contribution in [0.4, 0.5) is 5.69 Å². The van der Waals surface area contributed by atoms with Crippen molar-refractivity contribution in [3.63, 3.8) is 0 Å². The molecule has 0 unspecified atom stereocenters. The van der Waals surface area contributed by atoms with E-state index in [0.717, 1.165) is 22.5 Å². The number of benzene rings is 2. The lowest BCUT2D eigenvalue weighted by molar-refractivity contribution is -0.121. The lowest BCUT2D eigenvalue weighted by Crippen LogP contribution is -2.42. The van der Waals surface area contributed by atoms with Gasteiger partial charge in [-0.25, -0.2) is 0 Å². The Hall–Kier alpha value is -3.41. The van der Waals surface area contributed by atoms with Gasteiger partial charge in [0.2, 0.25) is 5.91 Å². The molecule has 2 aliphatic heterocycles. The molecule has 0 saturated carbocycles. The lowest BCUT2D eigenvalue weighted by Gasteiger charge is -2.34. The van der Waals surface area contributed by atoms with Crippen LogP contribution in [0, 0.1) is 6.92 Å². The van der Waals surface area contributed by atoms with Gasteiger partial charge in [-0.15, -0.1) is 0 Å². The number of nitrogens with zero attached hydrogens (tertiary/aromatic N) is 3. The molecule has 5 rings (SSSR count). The van der Waals surface area contributed by atoms with Crippen LogP contribution in [-0.4, -0.2) is 33.0 Å². The molecule has 6 nitrogen and oxygen atoms in total.